The third-order valence-corrected chi connectivity index (χ3v) is 2.88. The number of ether oxygens (including phenoxy) is 1. The fraction of sp³-hybridized carbons (Fsp3) is 0.400. The second-order valence-corrected chi connectivity index (χ2v) is 4.21. The molecule has 8 heteroatoms. The molecule has 7 nitrogen and oxygen atoms in total. The summed E-state index contributed by atoms with van der Waals surface area (Å²) in [6.07, 6.45) is 0. The molecule has 0 saturated heterocycles. The summed E-state index contributed by atoms with van der Waals surface area (Å²) < 4.78 is 4.70. The summed E-state index contributed by atoms with van der Waals surface area (Å²) in [6, 6.07) is 0. The molecule has 0 atom stereocenters. The number of carboxylic acids is 1. The van der Waals surface area contributed by atoms with Crippen LogP contribution < -0.4 is 5.69 Å². The number of carboxylic acid groups (broad SMARTS) is 1. The highest BCUT2D eigenvalue weighted by Gasteiger charge is 2.18. The van der Waals surface area contributed by atoms with E-state index in [4.69, 9.17) is 9.84 Å². The number of aromatic carboxylic acids is 1. The normalized spacial score (nSPS) is 10.1. The monoisotopic (exact) mass is 272 g/mol. The fourth-order valence-corrected chi connectivity index (χ4v) is 2.12. The van der Waals surface area contributed by atoms with E-state index in [9.17, 15) is 14.4 Å². The van der Waals surface area contributed by atoms with Gasteiger partial charge in [-0.25, -0.2) is 9.59 Å². The molecule has 0 fully saturated rings. The number of hydrogen-bond acceptors (Lipinski definition) is 6. The number of H-pyrrole nitrogens is 1. The standard InChI is InChI=1S/C10H12N2O5S/c1-3-17-6(13)4-18-8-7(9(14)15)5(2)11-10(16)12-8/h3-4H2,1-2H3,(H,14,15)(H,11,12,16). The lowest BCUT2D eigenvalue weighted by Crippen LogP contribution is -2.19. The molecule has 0 aliphatic heterocycles. The van der Waals surface area contributed by atoms with E-state index >= 15 is 0 Å². The first kappa shape index (κ1) is 14.2. The average Bonchev–Trinajstić information content (AvgIpc) is 2.25. The van der Waals surface area contributed by atoms with Gasteiger partial charge in [0, 0.05) is 5.69 Å². The number of carbonyl (C=O) groups is 2. The molecule has 0 bridgehead atoms. The fourth-order valence-electron chi connectivity index (χ4n) is 1.25. The van der Waals surface area contributed by atoms with Crippen LogP contribution in [0.15, 0.2) is 9.82 Å². The van der Waals surface area contributed by atoms with Gasteiger partial charge in [-0.3, -0.25) is 4.79 Å². The van der Waals surface area contributed by atoms with Gasteiger partial charge in [0.1, 0.15) is 10.6 Å². The Labute approximate surface area is 107 Å². The van der Waals surface area contributed by atoms with E-state index in [1.54, 1.807) is 6.92 Å². The van der Waals surface area contributed by atoms with Crippen LogP contribution in [0.5, 0.6) is 0 Å². The Morgan fingerprint density at radius 1 is 1.50 bits per heavy atom. The Hall–Kier alpha value is -1.83. The molecule has 1 aromatic rings. The number of nitrogens with one attached hydrogen (secondary N) is 1. The lowest BCUT2D eigenvalue weighted by atomic mass is 10.2. The van der Waals surface area contributed by atoms with Crippen molar-refractivity contribution in [1.82, 2.24) is 9.97 Å². The van der Waals surface area contributed by atoms with Crippen LogP contribution in [0, 0.1) is 6.92 Å². The van der Waals surface area contributed by atoms with Crippen LogP contribution >= 0.6 is 11.8 Å². The maximum absolute atomic E-state index is 11.2. The van der Waals surface area contributed by atoms with Gasteiger partial charge in [-0.15, -0.1) is 0 Å². The number of aryl methyl sites for hydroxylation is 1. The Morgan fingerprint density at radius 3 is 2.72 bits per heavy atom. The van der Waals surface area contributed by atoms with Gasteiger partial charge in [-0.2, -0.15) is 4.98 Å². The highest BCUT2D eigenvalue weighted by molar-refractivity contribution is 8.00. The number of aromatic amines is 1. The van der Waals surface area contributed by atoms with Crippen LogP contribution in [0.1, 0.15) is 23.0 Å². The van der Waals surface area contributed by atoms with E-state index < -0.39 is 17.6 Å². The summed E-state index contributed by atoms with van der Waals surface area (Å²) in [7, 11) is 0. The summed E-state index contributed by atoms with van der Waals surface area (Å²) in [4.78, 5) is 39.2. The van der Waals surface area contributed by atoms with Gasteiger partial charge in [0.25, 0.3) is 0 Å². The SMILES string of the molecule is CCOC(=O)CSc1nc(=O)[nH]c(C)c1C(=O)O. The Balaban J connectivity index is 2.97. The Bertz CT molecular complexity index is 525. The van der Waals surface area contributed by atoms with Crippen molar-refractivity contribution in [2.45, 2.75) is 18.9 Å². The molecular weight excluding hydrogens is 260 g/mol. The van der Waals surface area contributed by atoms with E-state index in [0.29, 0.717) is 0 Å². The Kier molecular flexibility index (Phi) is 4.90. The molecule has 0 spiro atoms. The van der Waals surface area contributed by atoms with Crippen LogP contribution in [0.4, 0.5) is 0 Å². The highest BCUT2D eigenvalue weighted by Crippen LogP contribution is 2.20. The van der Waals surface area contributed by atoms with Crippen molar-refractivity contribution in [3.8, 4) is 0 Å². The summed E-state index contributed by atoms with van der Waals surface area (Å²) in [5.74, 6) is -1.79. The molecule has 18 heavy (non-hydrogen) atoms. The zero-order chi connectivity index (χ0) is 13.7. The number of esters is 1. The van der Waals surface area contributed by atoms with Gasteiger partial charge in [0.2, 0.25) is 0 Å². The molecule has 0 unspecified atom stereocenters. The smallest absolute Gasteiger partial charge is 0.346 e. The second kappa shape index (κ2) is 6.20. The quantitative estimate of drug-likeness (QED) is 0.454. The molecule has 2 N–H and O–H groups in total. The summed E-state index contributed by atoms with van der Waals surface area (Å²) in [6.45, 7) is 3.37. The van der Waals surface area contributed by atoms with Crippen LogP contribution in [0.2, 0.25) is 0 Å². The average molecular weight is 272 g/mol. The molecule has 0 aliphatic carbocycles. The van der Waals surface area contributed by atoms with E-state index in [2.05, 4.69) is 9.97 Å². The van der Waals surface area contributed by atoms with E-state index in [0.717, 1.165) is 11.8 Å². The molecule has 0 saturated carbocycles. The van der Waals surface area contributed by atoms with Gasteiger partial charge in [-0.05, 0) is 13.8 Å². The maximum Gasteiger partial charge on any atom is 0.346 e. The lowest BCUT2D eigenvalue weighted by molar-refractivity contribution is -0.139. The summed E-state index contributed by atoms with van der Waals surface area (Å²) in [5.41, 5.74) is -0.554. The topological polar surface area (TPSA) is 109 Å². The molecular formula is C10H12N2O5S. The second-order valence-electron chi connectivity index (χ2n) is 3.25. The summed E-state index contributed by atoms with van der Waals surface area (Å²) in [5, 5.41) is 9.03. The van der Waals surface area contributed by atoms with Crippen molar-refractivity contribution in [1.29, 1.82) is 0 Å². The van der Waals surface area contributed by atoms with Crippen LogP contribution in [0.25, 0.3) is 0 Å². The molecule has 1 aromatic heterocycles. The van der Waals surface area contributed by atoms with Crippen molar-refractivity contribution in [3.63, 3.8) is 0 Å². The van der Waals surface area contributed by atoms with Crippen molar-refractivity contribution in [2.75, 3.05) is 12.4 Å². The minimum Gasteiger partial charge on any atom is -0.478 e. The van der Waals surface area contributed by atoms with Gasteiger partial charge >= 0.3 is 17.6 Å². The molecule has 0 aromatic carbocycles. The van der Waals surface area contributed by atoms with Gasteiger partial charge in [-0.1, -0.05) is 11.8 Å². The zero-order valence-corrected chi connectivity index (χ0v) is 10.7. The first-order valence-corrected chi connectivity index (χ1v) is 6.07. The first-order chi connectivity index (χ1) is 8.45. The lowest BCUT2D eigenvalue weighted by Gasteiger charge is -2.06. The van der Waals surface area contributed by atoms with E-state index in [1.807, 2.05) is 0 Å². The van der Waals surface area contributed by atoms with Crippen LogP contribution in [-0.2, 0) is 9.53 Å². The first-order valence-electron chi connectivity index (χ1n) is 5.08. The minimum atomic E-state index is -1.21. The van der Waals surface area contributed by atoms with E-state index in [1.165, 1.54) is 6.92 Å². The number of thioether (sulfide) groups is 1. The minimum absolute atomic E-state index is 0.0109. The van der Waals surface area contributed by atoms with E-state index in [-0.39, 0.29) is 28.6 Å². The molecule has 0 amide bonds. The van der Waals surface area contributed by atoms with Crippen molar-refractivity contribution < 1.29 is 19.4 Å². The van der Waals surface area contributed by atoms with Crippen LogP contribution in [0.3, 0.4) is 0 Å². The van der Waals surface area contributed by atoms with Crippen molar-refractivity contribution >= 4 is 23.7 Å². The summed E-state index contributed by atoms with van der Waals surface area (Å²) >= 11 is 0.865. The third-order valence-electron chi connectivity index (χ3n) is 1.93. The van der Waals surface area contributed by atoms with Crippen molar-refractivity contribution in [2.24, 2.45) is 0 Å². The number of aromatic nitrogens is 2. The largest absolute Gasteiger partial charge is 0.478 e. The maximum atomic E-state index is 11.2. The Morgan fingerprint density at radius 2 is 2.17 bits per heavy atom. The molecule has 98 valence electrons. The predicted molar refractivity (Wildman–Crippen MR) is 63.9 cm³/mol. The van der Waals surface area contributed by atoms with Crippen LogP contribution in [-0.4, -0.2) is 39.4 Å². The molecule has 0 aliphatic rings. The third kappa shape index (κ3) is 3.59. The predicted octanol–water partition coefficient (Wildman–Crippen LogP) is 0.432. The van der Waals surface area contributed by atoms with Gasteiger partial charge < -0.3 is 14.8 Å². The molecule has 1 rings (SSSR count). The zero-order valence-electron chi connectivity index (χ0n) is 9.85. The van der Waals surface area contributed by atoms with Gasteiger partial charge in [0.15, 0.2) is 0 Å². The number of hydrogen-bond donors (Lipinski definition) is 2. The number of nitrogens with zero attached hydrogens (tertiary/aromatic N) is 1. The number of rotatable bonds is 5. The highest BCUT2D eigenvalue weighted by atomic mass is 32.2. The molecule has 0 radical (unpaired) electrons. The van der Waals surface area contributed by atoms with Crippen molar-refractivity contribution in [3.05, 3.63) is 21.7 Å². The van der Waals surface area contributed by atoms with Gasteiger partial charge in [0.05, 0.1) is 12.4 Å². The number of carbonyl (C=O) groups excluding carboxylic acids is 1. The molecule has 1 heterocycles.